The van der Waals surface area contributed by atoms with E-state index in [1.807, 2.05) is 0 Å². The van der Waals surface area contributed by atoms with Crippen LogP contribution in [0.15, 0.2) is 11.6 Å². The minimum atomic E-state index is -0.0906. The van der Waals surface area contributed by atoms with Crippen LogP contribution < -0.4 is 10.5 Å². The van der Waals surface area contributed by atoms with E-state index in [-0.39, 0.29) is 12.2 Å². The average molecular weight is 252 g/mol. The lowest BCUT2D eigenvalue weighted by molar-refractivity contribution is 0.0980. The fourth-order valence-corrected chi connectivity index (χ4v) is 2.10. The largest absolute Gasteiger partial charge is 0.493 e. The normalized spacial score (nSPS) is 10.5. The van der Waals surface area contributed by atoms with Gasteiger partial charge in [0, 0.05) is 12.4 Å². The van der Waals surface area contributed by atoms with Gasteiger partial charge in [-0.2, -0.15) is 5.10 Å². The number of hydrogen-bond donors (Lipinski definition) is 1. The molecule has 0 bridgehead atoms. The lowest BCUT2D eigenvalue weighted by Crippen LogP contribution is -2.11. The van der Waals surface area contributed by atoms with Crippen molar-refractivity contribution >= 4 is 22.3 Å². The molecule has 0 saturated heterocycles. The number of aromatic nitrogens is 3. The number of rotatable bonds is 4. The number of nitrogens with zero attached hydrogens (tertiary/aromatic N) is 3. The molecule has 0 aromatic carbocycles. The predicted octanol–water partition coefficient (Wildman–Crippen LogP) is 0.893. The molecule has 2 N–H and O–H groups in total. The summed E-state index contributed by atoms with van der Waals surface area (Å²) in [7, 11) is 3.21. The molecule has 0 aliphatic carbocycles. The summed E-state index contributed by atoms with van der Waals surface area (Å²) < 4.78 is 6.58. The summed E-state index contributed by atoms with van der Waals surface area (Å²) >= 11 is 1.32. The summed E-state index contributed by atoms with van der Waals surface area (Å²) in [5, 5.41) is 6.22. The molecule has 2 aromatic heterocycles. The van der Waals surface area contributed by atoms with E-state index in [0.29, 0.717) is 22.3 Å². The first-order valence-electron chi connectivity index (χ1n) is 4.91. The van der Waals surface area contributed by atoms with Gasteiger partial charge < -0.3 is 10.5 Å². The maximum Gasteiger partial charge on any atom is 0.190 e. The van der Waals surface area contributed by atoms with Crippen molar-refractivity contribution in [2.75, 3.05) is 12.8 Å². The highest BCUT2D eigenvalue weighted by atomic mass is 32.1. The molecule has 0 unspecified atom stereocenters. The number of anilines is 1. The molecule has 0 amide bonds. The molecule has 90 valence electrons. The molecule has 17 heavy (non-hydrogen) atoms. The van der Waals surface area contributed by atoms with Gasteiger partial charge in [-0.1, -0.05) is 0 Å². The highest BCUT2D eigenvalue weighted by Gasteiger charge is 2.18. The number of nitrogen functional groups attached to an aromatic ring is 1. The summed E-state index contributed by atoms with van der Waals surface area (Å²) in [5.74, 6) is 0.382. The number of hydrogen-bond acceptors (Lipinski definition) is 6. The highest BCUT2D eigenvalue weighted by Crippen LogP contribution is 2.20. The molecule has 0 radical (unpaired) electrons. The van der Waals surface area contributed by atoms with Gasteiger partial charge in [-0.3, -0.25) is 9.48 Å². The van der Waals surface area contributed by atoms with E-state index >= 15 is 0 Å². The molecule has 0 aliphatic rings. The Hall–Kier alpha value is -1.89. The van der Waals surface area contributed by atoms with Crippen LogP contribution in [-0.4, -0.2) is 27.7 Å². The van der Waals surface area contributed by atoms with Gasteiger partial charge in [0.05, 0.1) is 25.4 Å². The second-order valence-electron chi connectivity index (χ2n) is 3.46. The van der Waals surface area contributed by atoms with Gasteiger partial charge >= 0.3 is 0 Å². The Morgan fingerprint density at radius 2 is 2.41 bits per heavy atom. The zero-order valence-corrected chi connectivity index (χ0v) is 10.3. The quantitative estimate of drug-likeness (QED) is 0.817. The van der Waals surface area contributed by atoms with E-state index in [0.717, 1.165) is 0 Å². The van der Waals surface area contributed by atoms with Crippen molar-refractivity contribution in [2.45, 2.75) is 6.42 Å². The Labute approximate surface area is 102 Å². The first-order valence-corrected chi connectivity index (χ1v) is 5.79. The average Bonchev–Trinajstić information content (AvgIpc) is 2.84. The summed E-state index contributed by atoms with van der Waals surface area (Å²) in [6, 6.07) is 0. The van der Waals surface area contributed by atoms with Crippen molar-refractivity contribution in [3.63, 3.8) is 0 Å². The van der Waals surface area contributed by atoms with Crippen LogP contribution in [0.2, 0.25) is 0 Å². The fourth-order valence-electron chi connectivity index (χ4n) is 1.54. The third-order valence-electron chi connectivity index (χ3n) is 2.30. The van der Waals surface area contributed by atoms with E-state index in [1.54, 1.807) is 12.4 Å². The second kappa shape index (κ2) is 4.54. The third-order valence-corrected chi connectivity index (χ3v) is 3.02. The summed E-state index contributed by atoms with van der Waals surface area (Å²) in [6.07, 6.45) is 1.71. The molecule has 0 spiro atoms. The third kappa shape index (κ3) is 2.28. The number of ketones is 1. The summed E-state index contributed by atoms with van der Waals surface area (Å²) in [4.78, 5) is 16.1. The van der Waals surface area contributed by atoms with Crippen LogP contribution in [0.5, 0.6) is 5.75 Å². The fraction of sp³-hybridized carbons (Fsp3) is 0.300. The molecule has 7 heteroatoms. The van der Waals surface area contributed by atoms with Crippen molar-refractivity contribution < 1.29 is 9.53 Å². The van der Waals surface area contributed by atoms with Gasteiger partial charge in [0.2, 0.25) is 0 Å². The van der Waals surface area contributed by atoms with Gasteiger partial charge in [-0.25, -0.2) is 4.98 Å². The number of carbonyl (C=O) groups excluding carboxylic acids is 1. The van der Waals surface area contributed by atoms with E-state index in [4.69, 9.17) is 10.5 Å². The highest BCUT2D eigenvalue weighted by molar-refractivity contribution is 7.13. The van der Waals surface area contributed by atoms with Crippen LogP contribution in [0.1, 0.15) is 16.2 Å². The predicted molar refractivity (Wildman–Crippen MR) is 64.3 cm³/mol. The lowest BCUT2D eigenvalue weighted by Gasteiger charge is -2.02. The molecule has 0 aliphatic heterocycles. The van der Waals surface area contributed by atoms with Gasteiger partial charge in [0.1, 0.15) is 5.69 Å². The van der Waals surface area contributed by atoms with E-state index in [2.05, 4.69) is 10.1 Å². The number of nitrogens with two attached hydrogens (primary N) is 1. The number of aryl methyl sites for hydroxylation is 1. The molecule has 0 fully saturated rings. The number of thiazole rings is 1. The van der Waals surface area contributed by atoms with Gasteiger partial charge in [-0.15, -0.1) is 11.3 Å². The van der Waals surface area contributed by atoms with Crippen LogP contribution in [-0.2, 0) is 13.5 Å². The maximum atomic E-state index is 12.1. The first-order chi connectivity index (χ1) is 8.11. The van der Waals surface area contributed by atoms with Crippen molar-refractivity contribution in [1.82, 2.24) is 14.8 Å². The number of methoxy groups -OCH3 is 1. The molecule has 2 aromatic rings. The van der Waals surface area contributed by atoms with Crippen molar-refractivity contribution in [3.8, 4) is 5.75 Å². The standard InChI is InChI=1S/C10H12N4O2S/c1-14-9(8(16-2)4-12-14)7(15)3-6-5-17-10(11)13-6/h4-5H,3H2,1-2H3,(H2,11,13). The molecule has 0 saturated carbocycles. The number of ether oxygens (including phenoxy) is 1. The smallest absolute Gasteiger partial charge is 0.190 e. The molecular formula is C10H12N4O2S. The molecule has 2 rings (SSSR count). The molecular weight excluding hydrogens is 240 g/mol. The van der Waals surface area contributed by atoms with Gasteiger partial charge in [0.15, 0.2) is 16.7 Å². The Balaban J connectivity index is 2.22. The van der Waals surface area contributed by atoms with Crippen LogP contribution in [0.3, 0.4) is 0 Å². The molecule has 2 heterocycles. The Morgan fingerprint density at radius 1 is 1.65 bits per heavy atom. The van der Waals surface area contributed by atoms with Crippen LogP contribution in [0.4, 0.5) is 5.13 Å². The number of Topliss-reactive ketones (excluding diaryl/α,β-unsaturated/α-hetero) is 1. The van der Waals surface area contributed by atoms with Gasteiger partial charge in [-0.05, 0) is 0 Å². The summed E-state index contributed by atoms with van der Waals surface area (Å²) in [5.41, 5.74) is 6.62. The number of carbonyl (C=O) groups is 1. The monoisotopic (exact) mass is 252 g/mol. The van der Waals surface area contributed by atoms with E-state index < -0.39 is 0 Å². The Kier molecular flexibility index (Phi) is 3.10. The van der Waals surface area contributed by atoms with Crippen LogP contribution in [0, 0.1) is 0 Å². The molecule has 6 nitrogen and oxygen atoms in total. The Morgan fingerprint density at radius 3 is 3.00 bits per heavy atom. The minimum absolute atomic E-state index is 0.0906. The first kappa shape index (κ1) is 11.6. The van der Waals surface area contributed by atoms with Gasteiger partial charge in [0.25, 0.3) is 0 Å². The van der Waals surface area contributed by atoms with Crippen molar-refractivity contribution in [3.05, 3.63) is 23.0 Å². The van der Waals surface area contributed by atoms with Crippen molar-refractivity contribution in [1.29, 1.82) is 0 Å². The minimum Gasteiger partial charge on any atom is -0.493 e. The zero-order valence-electron chi connectivity index (χ0n) is 9.51. The second-order valence-corrected chi connectivity index (χ2v) is 4.35. The summed E-state index contributed by atoms with van der Waals surface area (Å²) in [6.45, 7) is 0. The van der Waals surface area contributed by atoms with Crippen molar-refractivity contribution in [2.24, 2.45) is 7.05 Å². The molecule has 0 atom stereocenters. The van der Waals surface area contributed by atoms with E-state index in [1.165, 1.54) is 29.3 Å². The lowest BCUT2D eigenvalue weighted by atomic mass is 10.1. The SMILES string of the molecule is COc1cnn(C)c1C(=O)Cc1csc(N)n1. The van der Waals surface area contributed by atoms with Crippen LogP contribution in [0.25, 0.3) is 0 Å². The topological polar surface area (TPSA) is 83.0 Å². The Bertz CT molecular complexity index is 546. The van der Waals surface area contributed by atoms with E-state index in [9.17, 15) is 4.79 Å². The van der Waals surface area contributed by atoms with Crippen LogP contribution >= 0.6 is 11.3 Å². The zero-order chi connectivity index (χ0) is 12.4. The maximum absolute atomic E-state index is 12.1.